The number of hydrogen-bond acceptors (Lipinski definition) is 1. The van der Waals surface area contributed by atoms with Gasteiger partial charge in [-0.15, -0.1) is 0 Å². The summed E-state index contributed by atoms with van der Waals surface area (Å²) in [5, 5.41) is 2.58. The summed E-state index contributed by atoms with van der Waals surface area (Å²) in [6, 6.07) is 19.2. The van der Waals surface area contributed by atoms with Crippen molar-refractivity contribution in [2.75, 3.05) is 0 Å². The van der Waals surface area contributed by atoms with E-state index in [1.807, 2.05) is 0 Å². The molecule has 1 atom stereocenters. The second-order valence-corrected chi connectivity index (χ2v) is 6.12. The summed E-state index contributed by atoms with van der Waals surface area (Å²) in [4.78, 5) is 0.226. The van der Waals surface area contributed by atoms with Crippen molar-refractivity contribution in [1.29, 1.82) is 0 Å². The van der Waals surface area contributed by atoms with Crippen molar-refractivity contribution in [2.45, 2.75) is 24.6 Å². The Morgan fingerprint density at radius 1 is 1.00 bits per heavy atom. The molecule has 1 unspecified atom stereocenters. The fourth-order valence-corrected chi connectivity index (χ4v) is 3.05. The molecule has 0 saturated carbocycles. The minimum absolute atomic E-state index is 0.226. The molecule has 2 aromatic carbocycles. The van der Waals surface area contributed by atoms with Crippen LogP contribution in [0.1, 0.15) is 28.8 Å². The van der Waals surface area contributed by atoms with Crippen LogP contribution >= 0.6 is 15.9 Å². The van der Waals surface area contributed by atoms with Crippen LogP contribution in [0.4, 0.5) is 0 Å². The van der Waals surface area contributed by atoms with E-state index in [1.54, 1.807) is 0 Å². The van der Waals surface area contributed by atoms with Gasteiger partial charge in [0.2, 0.25) is 0 Å². The number of benzene rings is 2. The number of halogens is 1. The molecule has 1 nitrogen and oxygen atoms in total. The van der Waals surface area contributed by atoms with Gasteiger partial charge in [0.25, 0.3) is 0 Å². The Morgan fingerprint density at radius 3 is 2.55 bits per heavy atom. The fraction of sp³-hybridized carbons (Fsp3) is 0.222. The molecule has 0 saturated heterocycles. The van der Waals surface area contributed by atoms with E-state index in [-0.39, 0.29) is 4.83 Å². The van der Waals surface area contributed by atoms with E-state index in [1.165, 1.54) is 16.3 Å². The predicted molar refractivity (Wildman–Crippen MR) is 87.4 cm³/mol. The maximum absolute atomic E-state index is 5.81. The Kier molecular flexibility index (Phi) is 3.93. The fourth-order valence-electron chi connectivity index (χ4n) is 2.43. The van der Waals surface area contributed by atoms with Gasteiger partial charge >= 0.3 is 0 Å². The molecule has 3 rings (SSSR count). The normalized spacial score (nSPS) is 12.7. The first-order chi connectivity index (χ1) is 9.76. The van der Waals surface area contributed by atoms with Crippen LogP contribution in [-0.4, -0.2) is 0 Å². The van der Waals surface area contributed by atoms with Gasteiger partial charge in [-0.2, -0.15) is 0 Å². The highest BCUT2D eigenvalue weighted by Gasteiger charge is 2.13. The number of fused-ring (bicyclic) bond motifs is 1. The number of hydrogen-bond donors (Lipinski definition) is 0. The summed E-state index contributed by atoms with van der Waals surface area (Å²) in [5.41, 5.74) is 1.32. The first-order valence-electron chi connectivity index (χ1n) is 6.96. The molecule has 0 bridgehead atoms. The molecule has 3 aromatic rings. The largest absolute Gasteiger partial charge is 0.465 e. The molecule has 0 spiro atoms. The van der Waals surface area contributed by atoms with Crippen molar-refractivity contribution < 1.29 is 4.42 Å². The average Bonchev–Trinajstić information content (AvgIpc) is 2.96. The highest BCUT2D eigenvalue weighted by Crippen LogP contribution is 2.29. The number of alkyl halides is 1. The second-order valence-electron chi connectivity index (χ2n) is 5.01. The molecule has 0 amide bonds. The molecule has 0 N–H and O–H groups in total. The van der Waals surface area contributed by atoms with Crippen LogP contribution in [0.15, 0.2) is 59.0 Å². The first-order valence-corrected chi connectivity index (χ1v) is 7.88. The Balaban J connectivity index is 1.81. The summed E-state index contributed by atoms with van der Waals surface area (Å²) in [6.45, 7) is 2.11. The van der Waals surface area contributed by atoms with Crippen molar-refractivity contribution in [2.24, 2.45) is 0 Å². The maximum atomic E-state index is 5.81. The molecule has 1 aromatic heterocycles. The van der Waals surface area contributed by atoms with Gasteiger partial charge in [0, 0.05) is 6.42 Å². The topological polar surface area (TPSA) is 13.1 Å². The average molecular weight is 329 g/mol. The lowest BCUT2D eigenvalue weighted by Crippen LogP contribution is -1.94. The van der Waals surface area contributed by atoms with Crippen molar-refractivity contribution >= 4 is 26.7 Å². The van der Waals surface area contributed by atoms with E-state index >= 15 is 0 Å². The third-order valence-corrected chi connectivity index (χ3v) is 4.34. The highest BCUT2D eigenvalue weighted by atomic mass is 79.9. The van der Waals surface area contributed by atoms with Gasteiger partial charge in [-0.3, -0.25) is 0 Å². The second kappa shape index (κ2) is 5.84. The lowest BCUT2D eigenvalue weighted by atomic mass is 10.0. The predicted octanol–water partition coefficient (Wildman–Crippen LogP) is 5.67. The van der Waals surface area contributed by atoms with Crippen molar-refractivity contribution in [1.82, 2.24) is 0 Å². The standard InChI is InChI=1S/C18H17BrO/c1-2-16-9-10-18(20-16)17(19)12-13-7-8-14-5-3-4-6-15(14)11-13/h3-11,17H,2,12H2,1H3. The lowest BCUT2D eigenvalue weighted by molar-refractivity contribution is 0.467. The third-order valence-electron chi connectivity index (χ3n) is 3.57. The molecular weight excluding hydrogens is 312 g/mol. The van der Waals surface area contributed by atoms with Crippen LogP contribution < -0.4 is 0 Å². The lowest BCUT2D eigenvalue weighted by Gasteiger charge is -2.08. The quantitative estimate of drug-likeness (QED) is 0.562. The number of furan rings is 1. The van der Waals surface area contributed by atoms with Crippen molar-refractivity contribution in [3.63, 3.8) is 0 Å². The van der Waals surface area contributed by atoms with Crippen LogP contribution in [0.25, 0.3) is 10.8 Å². The Morgan fingerprint density at radius 2 is 1.80 bits per heavy atom. The number of aryl methyl sites for hydroxylation is 1. The smallest absolute Gasteiger partial charge is 0.118 e. The SMILES string of the molecule is CCc1ccc(C(Br)Cc2ccc3ccccc3c2)o1. The van der Waals surface area contributed by atoms with E-state index in [0.717, 1.165) is 24.4 Å². The van der Waals surface area contributed by atoms with E-state index in [2.05, 4.69) is 77.5 Å². The maximum Gasteiger partial charge on any atom is 0.118 e. The van der Waals surface area contributed by atoms with E-state index in [4.69, 9.17) is 4.42 Å². The number of rotatable bonds is 4. The third kappa shape index (κ3) is 2.80. The van der Waals surface area contributed by atoms with Crippen LogP contribution in [0.5, 0.6) is 0 Å². The van der Waals surface area contributed by atoms with E-state index < -0.39 is 0 Å². The van der Waals surface area contributed by atoms with E-state index in [0.29, 0.717) is 0 Å². The molecule has 2 heteroatoms. The minimum Gasteiger partial charge on any atom is -0.465 e. The van der Waals surface area contributed by atoms with Gasteiger partial charge in [-0.05, 0) is 34.9 Å². The Hall–Kier alpha value is -1.54. The van der Waals surface area contributed by atoms with Gasteiger partial charge < -0.3 is 4.42 Å². The highest BCUT2D eigenvalue weighted by molar-refractivity contribution is 9.09. The van der Waals surface area contributed by atoms with Crippen molar-refractivity contribution in [3.05, 3.63) is 71.7 Å². The van der Waals surface area contributed by atoms with Gasteiger partial charge in [0.05, 0.1) is 4.83 Å². The van der Waals surface area contributed by atoms with E-state index in [9.17, 15) is 0 Å². The molecule has 0 fully saturated rings. The monoisotopic (exact) mass is 328 g/mol. The van der Waals surface area contributed by atoms with Crippen LogP contribution in [-0.2, 0) is 12.8 Å². The van der Waals surface area contributed by atoms with Gasteiger partial charge in [-0.25, -0.2) is 0 Å². The van der Waals surface area contributed by atoms with Crippen LogP contribution in [0.2, 0.25) is 0 Å². The summed E-state index contributed by atoms with van der Waals surface area (Å²) in [6.07, 6.45) is 1.87. The molecule has 102 valence electrons. The molecule has 0 aliphatic carbocycles. The van der Waals surface area contributed by atoms with Crippen LogP contribution in [0.3, 0.4) is 0 Å². The molecule has 0 aliphatic heterocycles. The molecule has 0 aliphatic rings. The Labute approximate surface area is 127 Å². The first kappa shape index (κ1) is 13.4. The molecule has 20 heavy (non-hydrogen) atoms. The molecule has 0 radical (unpaired) electrons. The molecular formula is C18H17BrO. The zero-order chi connectivity index (χ0) is 13.9. The summed E-state index contributed by atoms with van der Waals surface area (Å²) in [7, 11) is 0. The summed E-state index contributed by atoms with van der Waals surface area (Å²) in [5.74, 6) is 2.05. The summed E-state index contributed by atoms with van der Waals surface area (Å²) < 4.78 is 5.81. The van der Waals surface area contributed by atoms with Gasteiger partial charge in [0.15, 0.2) is 0 Å². The van der Waals surface area contributed by atoms with Gasteiger partial charge in [-0.1, -0.05) is 65.3 Å². The van der Waals surface area contributed by atoms with Crippen LogP contribution in [0, 0.1) is 0 Å². The summed E-state index contributed by atoms with van der Waals surface area (Å²) >= 11 is 3.74. The zero-order valence-corrected chi connectivity index (χ0v) is 13.1. The van der Waals surface area contributed by atoms with Crippen molar-refractivity contribution in [3.8, 4) is 0 Å². The zero-order valence-electron chi connectivity index (χ0n) is 11.5. The minimum atomic E-state index is 0.226. The van der Waals surface area contributed by atoms with Gasteiger partial charge in [0.1, 0.15) is 11.5 Å². The Bertz CT molecular complexity index is 714. The molecule has 1 heterocycles.